The first-order chi connectivity index (χ1) is 16.2. The van der Waals surface area contributed by atoms with E-state index < -0.39 is 6.04 Å². The maximum absolute atomic E-state index is 13.1. The van der Waals surface area contributed by atoms with E-state index in [2.05, 4.69) is 26.9 Å². The largest absolute Gasteiger partial charge is 0.324 e. The molecule has 164 valence electrons. The number of hydrogen-bond donors (Lipinski definition) is 1. The number of carbonyl (C=O) groups is 2. The van der Waals surface area contributed by atoms with Gasteiger partial charge in [-0.25, -0.2) is 4.68 Å². The van der Waals surface area contributed by atoms with E-state index in [9.17, 15) is 9.59 Å². The fourth-order valence-electron chi connectivity index (χ4n) is 4.08. The van der Waals surface area contributed by atoms with Crippen LogP contribution in [0.2, 0.25) is 0 Å². The van der Waals surface area contributed by atoms with E-state index in [4.69, 9.17) is 0 Å². The van der Waals surface area contributed by atoms with Crippen molar-refractivity contribution in [2.75, 3.05) is 16.8 Å². The third-order valence-electron chi connectivity index (χ3n) is 5.79. The molecule has 0 saturated carbocycles. The highest BCUT2D eigenvalue weighted by molar-refractivity contribution is 6.07. The highest BCUT2D eigenvalue weighted by atomic mass is 16.2. The number of rotatable bonds is 6. The van der Waals surface area contributed by atoms with Gasteiger partial charge in [0.25, 0.3) is 5.91 Å². The summed E-state index contributed by atoms with van der Waals surface area (Å²) < 4.78 is 1.45. The molecule has 8 nitrogen and oxygen atoms in total. The second-order valence-corrected chi connectivity index (χ2v) is 7.90. The monoisotopic (exact) mass is 438 g/mol. The topological polar surface area (TPSA) is 93.0 Å². The Labute approximate surface area is 190 Å². The molecule has 0 aliphatic carbocycles. The molecule has 2 amide bonds. The van der Waals surface area contributed by atoms with E-state index in [1.165, 1.54) is 16.6 Å². The number of nitrogens with zero attached hydrogens (tertiary/aromatic N) is 5. The molecule has 0 spiro atoms. The summed E-state index contributed by atoms with van der Waals surface area (Å²) in [5, 5.41) is 14.2. The molecular weight excluding hydrogens is 416 g/mol. The molecule has 1 atom stereocenters. The lowest BCUT2D eigenvalue weighted by molar-refractivity contribution is -0.119. The number of para-hydroxylation sites is 1. The van der Waals surface area contributed by atoms with Crippen molar-refractivity contribution in [1.82, 2.24) is 20.2 Å². The van der Waals surface area contributed by atoms with Crippen LogP contribution >= 0.6 is 0 Å². The Balaban J connectivity index is 1.30. The van der Waals surface area contributed by atoms with Gasteiger partial charge in [-0.05, 0) is 58.3 Å². The van der Waals surface area contributed by atoms with Crippen LogP contribution in [-0.4, -0.2) is 38.6 Å². The maximum Gasteiger partial charge on any atom is 0.258 e. The van der Waals surface area contributed by atoms with Crippen molar-refractivity contribution in [1.29, 1.82) is 0 Å². The molecular formula is C25H22N6O2. The van der Waals surface area contributed by atoms with Crippen molar-refractivity contribution in [3.63, 3.8) is 0 Å². The fourth-order valence-corrected chi connectivity index (χ4v) is 4.08. The molecule has 33 heavy (non-hydrogen) atoms. The first-order valence-corrected chi connectivity index (χ1v) is 10.8. The predicted octanol–water partition coefficient (Wildman–Crippen LogP) is 3.30. The molecule has 1 N–H and O–H groups in total. The van der Waals surface area contributed by atoms with Gasteiger partial charge < -0.3 is 10.2 Å². The summed E-state index contributed by atoms with van der Waals surface area (Å²) in [6.45, 7) is 0.670. The number of carbonyl (C=O) groups excluding carboxylic acids is 2. The summed E-state index contributed by atoms with van der Waals surface area (Å²) in [6, 6.07) is 24.0. The van der Waals surface area contributed by atoms with E-state index in [1.807, 2.05) is 48.5 Å². The second kappa shape index (κ2) is 9.04. The number of anilines is 2. The molecule has 0 saturated heterocycles. The van der Waals surface area contributed by atoms with Gasteiger partial charge in [-0.3, -0.25) is 9.59 Å². The zero-order chi connectivity index (χ0) is 22.6. The molecule has 4 aromatic rings. The molecule has 0 fully saturated rings. The van der Waals surface area contributed by atoms with E-state index in [1.54, 1.807) is 29.2 Å². The first kappa shape index (κ1) is 20.6. The van der Waals surface area contributed by atoms with Gasteiger partial charge in [0, 0.05) is 29.9 Å². The van der Waals surface area contributed by atoms with Crippen LogP contribution in [-0.2, 0) is 17.6 Å². The Morgan fingerprint density at radius 2 is 1.70 bits per heavy atom. The van der Waals surface area contributed by atoms with E-state index in [0.717, 1.165) is 17.7 Å². The summed E-state index contributed by atoms with van der Waals surface area (Å²) in [5.41, 5.74) is 4.32. The van der Waals surface area contributed by atoms with E-state index in [-0.39, 0.29) is 11.8 Å². The Hall–Kier alpha value is -4.33. The lowest BCUT2D eigenvalue weighted by atomic mass is 10.1. The lowest BCUT2D eigenvalue weighted by Gasteiger charge is -2.18. The van der Waals surface area contributed by atoms with E-state index >= 15 is 0 Å². The van der Waals surface area contributed by atoms with Crippen molar-refractivity contribution in [2.45, 2.75) is 18.9 Å². The normalized spacial score (nSPS) is 13.4. The Morgan fingerprint density at radius 1 is 0.939 bits per heavy atom. The molecule has 2 heterocycles. The number of aromatic nitrogens is 4. The van der Waals surface area contributed by atoms with Crippen molar-refractivity contribution in [3.8, 4) is 0 Å². The molecule has 5 rings (SSSR count). The van der Waals surface area contributed by atoms with Gasteiger partial charge in [0.1, 0.15) is 12.4 Å². The fraction of sp³-hybridized carbons (Fsp3) is 0.160. The summed E-state index contributed by atoms with van der Waals surface area (Å²) in [7, 11) is 0. The van der Waals surface area contributed by atoms with Crippen molar-refractivity contribution in [2.24, 2.45) is 0 Å². The highest BCUT2D eigenvalue weighted by Crippen LogP contribution is 2.29. The van der Waals surface area contributed by atoms with Crippen LogP contribution in [0.3, 0.4) is 0 Å². The smallest absolute Gasteiger partial charge is 0.258 e. The molecule has 8 heteroatoms. The van der Waals surface area contributed by atoms with E-state index in [0.29, 0.717) is 24.2 Å². The number of amides is 2. The van der Waals surface area contributed by atoms with Crippen molar-refractivity contribution in [3.05, 3.63) is 102 Å². The number of benzene rings is 3. The summed E-state index contributed by atoms with van der Waals surface area (Å²) in [6.07, 6.45) is 2.74. The van der Waals surface area contributed by atoms with Crippen LogP contribution in [0.15, 0.2) is 85.2 Å². The molecule has 1 aromatic heterocycles. The van der Waals surface area contributed by atoms with Crippen molar-refractivity contribution >= 4 is 23.2 Å². The standard InChI is InChI=1S/C25H22N6O2/c32-24(23(31-17-26-28-29-31)16-18-6-2-1-3-7-18)27-21-12-10-20(11-13-21)25(33)30-15-14-19-8-4-5-9-22(19)30/h1-13,17,23H,14-16H2,(H,27,32). The second-order valence-electron chi connectivity index (χ2n) is 7.90. The van der Waals surface area contributed by atoms with Gasteiger partial charge in [0.15, 0.2) is 0 Å². The van der Waals surface area contributed by atoms with Gasteiger partial charge in [-0.15, -0.1) is 5.10 Å². The molecule has 1 aliphatic heterocycles. The summed E-state index contributed by atoms with van der Waals surface area (Å²) in [5.74, 6) is -0.285. The van der Waals surface area contributed by atoms with Gasteiger partial charge in [0.2, 0.25) is 5.91 Å². The minimum absolute atomic E-state index is 0.0477. The number of tetrazole rings is 1. The van der Waals surface area contributed by atoms with Crippen LogP contribution in [0.25, 0.3) is 0 Å². The van der Waals surface area contributed by atoms with Gasteiger partial charge in [0.05, 0.1) is 0 Å². The highest BCUT2D eigenvalue weighted by Gasteiger charge is 2.26. The van der Waals surface area contributed by atoms with Crippen molar-refractivity contribution < 1.29 is 9.59 Å². The first-order valence-electron chi connectivity index (χ1n) is 10.8. The lowest BCUT2D eigenvalue weighted by Crippen LogP contribution is -2.29. The Kier molecular flexibility index (Phi) is 5.63. The number of nitrogens with one attached hydrogen (secondary N) is 1. The zero-order valence-electron chi connectivity index (χ0n) is 17.8. The molecule has 0 bridgehead atoms. The average molecular weight is 438 g/mol. The zero-order valence-corrected chi connectivity index (χ0v) is 17.8. The van der Waals surface area contributed by atoms with Crippen LogP contribution in [0, 0.1) is 0 Å². The SMILES string of the molecule is O=C(Nc1ccc(C(=O)N2CCc3ccccc32)cc1)C(Cc1ccccc1)n1cnnn1. The third kappa shape index (κ3) is 4.36. The van der Waals surface area contributed by atoms with Gasteiger partial charge in [-0.1, -0.05) is 48.5 Å². The van der Waals surface area contributed by atoms with Crippen LogP contribution in [0.4, 0.5) is 11.4 Å². The van der Waals surface area contributed by atoms with Crippen LogP contribution in [0.5, 0.6) is 0 Å². The maximum atomic E-state index is 13.1. The number of fused-ring (bicyclic) bond motifs is 1. The van der Waals surface area contributed by atoms with Crippen LogP contribution in [0.1, 0.15) is 27.5 Å². The number of hydrogen-bond acceptors (Lipinski definition) is 5. The van der Waals surface area contributed by atoms with Gasteiger partial charge in [-0.2, -0.15) is 0 Å². The quantitative estimate of drug-likeness (QED) is 0.499. The minimum atomic E-state index is -0.607. The molecule has 0 radical (unpaired) electrons. The van der Waals surface area contributed by atoms with Gasteiger partial charge >= 0.3 is 0 Å². The van der Waals surface area contributed by atoms with Crippen LogP contribution < -0.4 is 10.2 Å². The Morgan fingerprint density at radius 3 is 2.45 bits per heavy atom. The molecule has 1 unspecified atom stereocenters. The molecule has 1 aliphatic rings. The average Bonchev–Trinajstić information content (AvgIpc) is 3.53. The Bertz CT molecular complexity index is 1260. The minimum Gasteiger partial charge on any atom is -0.324 e. The third-order valence-corrected chi connectivity index (χ3v) is 5.79. The summed E-state index contributed by atoms with van der Waals surface area (Å²) >= 11 is 0. The summed E-state index contributed by atoms with van der Waals surface area (Å²) in [4.78, 5) is 27.9. The predicted molar refractivity (Wildman–Crippen MR) is 124 cm³/mol. The molecule has 3 aromatic carbocycles.